The number of ether oxygens (including phenoxy) is 1. The van der Waals surface area contributed by atoms with Crippen LogP contribution in [-0.4, -0.2) is 57.1 Å². The Morgan fingerprint density at radius 1 is 1.41 bits per heavy atom. The number of carbonyl (C=O) groups is 2. The van der Waals surface area contributed by atoms with Gasteiger partial charge in [0.2, 0.25) is 5.91 Å². The van der Waals surface area contributed by atoms with Crippen LogP contribution in [0, 0.1) is 17.6 Å². The number of methoxy groups -OCH3 is 1. The van der Waals surface area contributed by atoms with Gasteiger partial charge in [-0.1, -0.05) is 0 Å². The quantitative estimate of drug-likeness (QED) is 0.518. The lowest BCUT2D eigenvalue weighted by Gasteiger charge is -2.36. The summed E-state index contributed by atoms with van der Waals surface area (Å²) in [5.74, 6) is -3.90. The van der Waals surface area contributed by atoms with E-state index in [4.69, 9.17) is 4.74 Å². The predicted octanol–water partition coefficient (Wildman–Crippen LogP) is 0.0923. The molecular weight excluding hydrogens is 412 g/mol. The normalized spacial score (nSPS) is 24.4. The maximum absolute atomic E-state index is 14.1. The Morgan fingerprint density at radius 3 is 2.83 bits per heavy atom. The molecule has 2 heterocycles. The first-order valence-electron chi connectivity index (χ1n) is 8.79. The van der Waals surface area contributed by atoms with Crippen LogP contribution in [0.25, 0.3) is 0 Å². The second-order valence-corrected chi connectivity index (χ2v) is 8.52. The second-order valence-electron chi connectivity index (χ2n) is 6.72. The molecule has 0 radical (unpaired) electrons. The SMILES string of the molecule is COC1NNCCC1[C@@H](C)NC(=O)CN1C(=O)Nc2ccc(F)c(F)c2S1(=O)=O. The summed E-state index contributed by atoms with van der Waals surface area (Å²) < 4.78 is 58.4. The first-order valence-corrected chi connectivity index (χ1v) is 10.2. The number of hydrazine groups is 1. The largest absolute Gasteiger partial charge is 0.365 e. The third kappa shape index (κ3) is 4.03. The van der Waals surface area contributed by atoms with Crippen LogP contribution >= 0.6 is 0 Å². The molecule has 3 amide bonds. The summed E-state index contributed by atoms with van der Waals surface area (Å²) in [4.78, 5) is 23.6. The van der Waals surface area contributed by atoms with Gasteiger partial charge in [0.1, 0.15) is 17.7 Å². The van der Waals surface area contributed by atoms with Crippen molar-refractivity contribution in [3.05, 3.63) is 23.8 Å². The van der Waals surface area contributed by atoms with Gasteiger partial charge in [-0.2, -0.15) is 0 Å². The molecule has 160 valence electrons. The zero-order valence-corrected chi connectivity index (χ0v) is 16.5. The van der Waals surface area contributed by atoms with Crippen LogP contribution in [0.4, 0.5) is 19.3 Å². The van der Waals surface area contributed by atoms with Gasteiger partial charge in [0.05, 0.1) is 5.69 Å². The molecule has 10 nitrogen and oxygen atoms in total. The van der Waals surface area contributed by atoms with Gasteiger partial charge in [0, 0.05) is 25.6 Å². The highest BCUT2D eigenvalue weighted by molar-refractivity contribution is 7.90. The maximum Gasteiger partial charge on any atom is 0.336 e. The Kier molecular flexibility index (Phi) is 6.03. The number of nitrogens with zero attached hydrogens (tertiary/aromatic N) is 1. The molecule has 2 unspecified atom stereocenters. The lowest BCUT2D eigenvalue weighted by atomic mass is 9.94. The van der Waals surface area contributed by atoms with Gasteiger partial charge in [0.25, 0.3) is 10.0 Å². The summed E-state index contributed by atoms with van der Waals surface area (Å²) in [6, 6.07) is 0.0917. The van der Waals surface area contributed by atoms with Crippen LogP contribution in [0.1, 0.15) is 13.3 Å². The Morgan fingerprint density at radius 2 is 2.14 bits per heavy atom. The summed E-state index contributed by atoms with van der Waals surface area (Å²) in [5.41, 5.74) is 5.47. The first-order chi connectivity index (χ1) is 13.7. The molecule has 4 N–H and O–H groups in total. The smallest absolute Gasteiger partial charge is 0.336 e. The zero-order chi connectivity index (χ0) is 21.3. The van der Waals surface area contributed by atoms with E-state index in [0.717, 1.165) is 6.07 Å². The lowest BCUT2D eigenvalue weighted by molar-refractivity contribution is -0.122. The van der Waals surface area contributed by atoms with Crippen molar-refractivity contribution in [1.29, 1.82) is 0 Å². The van der Waals surface area contributed by atoms with E-state index >= 15 is 0 Å². The predicted molar refractivity (Wildman–Crippen MR) is 96.9 cm³/mol. The van der Waals surface area contributed by atoms with Crippen LogP contribution in [0.2, 0.25) is 0 Å². The fourth-order valence-corrected chi connectivity index (χ4v) is 4.88. The van der Waals surface area contributed by atoms with Crippen molar-refractivity contribution in [2.24, 2.45) is 5.92 Å². The molecule has 0 aliphatic carbocycles. The topological polar surface area (TPSA) is 129 Å². The number of sulfonamides is 1. The second kappa shape index (κ2) is 8.18. The fourth-order valence-electron chi connectivity index (χ4n) is 3.39. The van der Waals surface area contributed by atoms with Crippen molar-refractivity contribution < 1.29 is 31.5 Å². The van der Waals surface area contributed by atoms with Crippen molar-refractivity contribution in [2.75, 3.05) is 25.5 Å². The Hall–Kier alpha value is -2.35. The molecule has 3 rings (SSSR count). The molecule has 0 saturated carbocycles. The standard InChI is InChI=1S/C16H21F2N5O5S/c1-8(9-5-6-19-22-15(9)28-2)20-12(24)7-23-16(25)21-11-4-3-10(17)13(18)14(11)29(23,26)27/h3-4,8-9,15,19,22H,5-7H2,1-2H3,(H,20,24)(H,21,25)/t8-,9?,15?/m1/s1. The molecular formula is C16H21F2N5O5S. The lowest BCUT2D eigenvalue weighted by Crippen LogP contribution is -2.58. The van der Waals surface area contributed by atoms with Gasteiger partial charge >= 0.3 is 6.03 Å². The fraction of sp³-hybridized carbons (Fsp3) is 0.500. The van der Waals surface area contributed by atoms with E-state index in [-0.39, 0.29) is 22.1 Å². The molecule has 0 aromatic heterocycles. The van der Waals surface area contributed by atoms with Gasteiger partial charge in [-0.3, -0.25) is 10.2 Å². The summed E-state index contributed by atoms with van der Waals surface area (Å²) in [6.07, 6.45) is 0.290. The molecule has 1 aromatic carbocycles. The number of amides is 3. The van der Waals surface area contributed by atoms with E-state index in [1.54, 1.807) is 6.92 Å². The van der Waals surface area contributed by atoms with E-state index in [1.807, 2.05) is 0 Å². The highest BCUT2D eigenvalue weighted by atomic mass is 32.2. The van der Waals surface area contributed by atoms with Crippen molar-refractivity contribution in [3.63, 3.8) is 0 Å². The average Bonchev–Trinajstić information content (AvgIpc) is 2.67. The van der Waals surface area contributed by atoms with Crippen molar-refractivity contribution in [1.82, 2.24) is 20.5 Å². The molecule has 29 heavy (non-hydrogen) atoms. The monoisotopic (exact) mass is 433 g/mol. The molecule has 1 saturated heterocycles. The number of anilines is 1. The van der Waals surface area contributed by atoms with E-state index in [9.17, 15) is 26.8 Å². The number of nitrogens with one attached hydrogen (secondary N) is 4. The van der Waals surface area contributed by atoms with Crippen molar-refractivity contribution in [3.8, 4) is 0 Å². The summed E-state index contributed by atoms with van der Waals surface area (Å²) in [5, 5.41) is 4.78. The average molecular weight is 433 g/mol. The zero-order valence-electron chi connectivity index (χ0n) is 15.7. The van der Waals surface area contributed by atoms with Crippen LogP contribution in [0.15, 0.2) is 17.0 Å². The number of fused-ring (bicyclic) bond motifs is 1. The number of hydrogen-bond acceptors (Lipinski definition) is 7. The molecule has 1 fully saturated rings. The third-order valence-corrected chi connectivity index (χ3v) is 6.66. The van der Waals surface area contributed by atoms with Crippen LogP contribution in [-0.2, 0) is 19.6 Å². The van der Waals surface area contributed by atoms with E-state index in [2.05, 4.69) is 21.5 Å². The molecule has 3 atom stereocenters. The van der Waals surface area contributed by atoms with E-state index in [0.29, 0.717) is 19.0 Å². The summed E-state index contributed by atoms with van der Waals surface area (Å²) in [7, 11) is -3.26. The van der Waals surface area contributed by atoms with Crippen molar-refractivity contribution in [2.45, 2.75) is 30.5 Å². The molecule has 2 aliphatic heterocycles. The Labute approximate surface area is 166 Å². The highest BCUT2D eigenvalue weighted by Gasteiger charge is 2.41. The third-order valence-electron chi connectivity index (χ3n) is 4.87. The van der Waals surface area contributed by atoms with Crippen molar-refractivity contribution >= 4 is 27.6 Å². The number of hydrogen-bond donors (Lipinski definition) is 4. The molecule has 2 aliphatic rings. The molecule has 0 bridgehead atoms. The van der Waals surface area contributed by atoms with Crippen LogP contribution in [0.3, 0.4) is 0 Å². The summed E-state index contributed by atoms with van der Waals surface area (Å²) >= 11 is 0. The minimum absolute atomic E-state index is 0.121. The Bertz CT molecular complexity index is 929. The highest BCUT2D eigenvalue weighted by Crippen LogP contribution is 2.33. The Balaban J connectivity index is 1.76. The first kappa shape index (κ1) is 21.4. The number of urea groups is 1. The minimum atomic E-state index is -4.76. The number of carbonyl (C=O) groups excluding carboxylic acids is 2. The number of rotatable bonds is 5. The van der Waals surface area contributed by atoms with Gasteiger partial charge in [-0.05, 0) is 25.5 Å². The number of benzene rings is 1. The number of halogens is 2. The minimum Gasteiger partial charge on any atom is -0.365 e. The molecule has 1 aromatic rings. The van der Waals surface area contributed by atoms with Gasteiger partial charge in [0.15, 0.2) is 11.6 Å². The summed E-state index contributed by atoms with van der Waals surface area (Å²) in [6.45, 7) is 1.47. The molecule has 13 heteroatoms. The van der Waals surface area contributed by atoms with Crippen LogP contribution < -0.4 is 21.5 Å². The van der Waals surface area contributed by atoms with E-state index in [1.165, 1.54) is 7.11 Å². The maximum atomic E-state index is 14.1. The van der Waals surface area contributed by atoms with Crippen LogP contribution in [0.5, 0.6) is 0 Å². The van der Waals surface area contributed by atoms with E-state index < -0.39 is 51.1 Å². The van der Waals surface area contributed by atoms with Gasteiger partial charge in [-0.15, -0.1) is 0 Å². The van der Waals surface area contributed by atoms with Gasteiger partial charge < -0.3 is 15.4 Å². The molecule has 0 spiro atoms. The van der Waals surface area contributed by atoms with Gasteiger partial charge in [-0.25, -0.2) is 31.7 Å².